The first-order chi connectivity index (χ1) is 8.50. The Morgan fingerprint density at radius 3 is 2.72 bits per heavy atom. The molecule has 0 amide bonds. The molecule has 0 radical (unpaired) electrons. The lowest BCUT2D eigenvalue weighted by atomic mass is 10.2. The second-order valence-electron chi connectivity index (χ2n) is 3.59. The van der Waals surface area contributed by atoms with Gasteiger partial charge in [-0.05, 0) is 35.5 Å². The van der Waals surface area contributed by atoms with Gasteiger partial charge in [-0.25, -0.2) is 18.3 Å². The van der Waals surface area contributed by atoms with Crippen LogP contribution in [0.3, 0.4) is 0 Å². The second-order valence-corrected chi connectivity index (χ2v) is 3.59. The molecule has 94 valence electrons. The molecule has 2 aromatic rings. The molecule has 18 heavy (non-hydrogen) atoms. The van der Waals surface area contributed by atoms with Gasteiger partial charge in [0, 0.05) is 5.56 Å². The number of benzene rings is 1. The van der Waals surface area contributed by atoms with Crippen LogP contribution in [0.15, 0.2) is 18.2 Å². The van der Waals surface area contributed by atoms with Crippen LogP contribution in [0.1, 0.15) is 13.0 Å². The average Bonchev–Trinajstić information content (AvgIpc) is 2.80. The minimum atomic E-state index is -1.13. The van der Waals surface area contributed by atoms with Crippen LogP contribution in [-0.2, 0) is 4.79 Å². The van der Waals surface area contributed by atoms with Gasteiger partial charge in [-0.1, -0.05) is 0 Å². The van der Waals surface area contributed by atoms with E-state index in [-0.39, 0.29) is 11.4 Å². The number of tetrazole rings is 1. The van der Waals surface area contributed by atoms with E-state index < -0.39 is 23.6 Å². The maximum atomic E-state index is 13.1. The largest absolute Gasteiger partial charge is 0.480 e. The molecule has 1 aromatic heterocycles. The highest BCUT2D eigenvalue weighted by molar-refractivity contribution is 5.72. The van der Waals surface area contributed by atoms with E-state index in [9.17, 15) is 13.6 Å². The molecule has 0 fully saturated rings. The SMILES string of the molecule is CC(C(=O)O)n1nnnc1-c1ccc(F)c(F)c1. The standard InChI is InChI=1S/C10H8F2N4O2/c1-5(10(17)18)16-9(13-14-15-16)6-2-3-7(11)8(12)4-6/h2-5H,1H3,(H,17,18). The molecule has 1 N–H and O–H groups in total. The van der Waals surface area contributed by atoms with Crippen molar-refractivity contribution in [3.05, 3.63) is 29.8 Å². The Balaban J connectivity index is 2.48. The highest BCUT2D eigenvalue weighted by Gasteiger charge is 2.20. The van der Waals surface area contributed by atoms with Crippen molar-refractivity contribution in [1.29, 1.82) is 0 Å². The molecule has 1 atom stereocenters. The number of carbonyl (C=O) groups is 1. The maximum absolute atomic E-state index is 13.1. The van der Waals surface area contributed by atoms with E-state index in [1.807, 2.05) is 0 Å². The molecule has 1 heterocycles. The van der Waals surface area contributed by atoms with Crippen molar-refractivity contribution in [3.63, 3.8) is 0 Å². The molecule has 0 saturated heterocycles. The Morgan fingerprint density at radius 2 is 2.11 bits per heavy atom. The van der Waals surface area contributed by atoms with Crippen molar-refractivity contribution >= 4 is 5.97 Å². The van der Waals surface area contributed by atoms with E-state index in [0.717, 1.165) is 16.8 Å². The fourth-order valence-electron chi connectivity index (χ4n) is 1.38. The Kier molecular flexibility index (Phi) is 3.00. The third-order valence-corrected chi connectivity index (χ3v) is 2.39. The quantitative estimate of drug-likeness (QED) is 0.891. The van der Waals surface area contributed by atoms with Crippen LogP contribution in [0.5, 0.6) is 0 Å². The minimum absolute atomic E-state index is 0.0591. The summed E-state index contributed by atoms with van der Waals surface area (Å²) in [5, 5.41) is 19.3. The first-order valence-electron chi connectivity index (χ1n) is 4.97. The van der Waals surface area contributed by atoms with Crippen molar-refractivity contribution in [3.8, 4) is 11.4 Å². The monoisotopic (exact) mass is 254 g/mol. The van der Waals surface area contributed by atoms with E-state index in [4.69, 9.17) is 5.11 Å². The summed E-state index contributed by atoms with van der Waals surface area (Å²) < 4.78 is 26.9. The number of nitrogens with zero attached hydrogens (tertiary/aromatic N) is 4. The normalized spacial score (nSPS) is 12.4. The minimum Gasteiger partial charge on any atom is -0.480 e. The van der Waals surface area contributed by atoms with Crippen LogP contribution < -0.4 is 0 Å². The van der Waals surface area contributed by atoms with Crippen molar-refractivity contribution in [2.24, 2.45) is 0 Å². The Hall–Kier alpha value is -2.38. The predicted octanol–water partition coefficient (Wildman–Crippen LogP) is 1.26. The van der Waals surface area contributed by atoms with Crippen LogP contribution in [0.25, 0.3) is 11.4 Å². The molecular weight excluding hydrogens is 246 g/mol. The summed E-state index contributed by atoms with van der Waals surface area (Å²) in [6.07, 6.45) is 0. The Morgan fingerprint density at radius 1 is 1.39 bits per heavy atom. The number of carboxylic acid groups (broad SMARTS) is 1. The molecule has 2 rings (SSSR count). The first-order valence-corrected chi connectivity index (χ1v) is 4.97. The number of carboxylic acids is 1. The van der Waals surface area contributed by atoms with Crippen molar-refractivity contribution in [2.75, 3.05) is 0 Å². The summed E-state index contributed by atoms with van der Waals surface area (Å²) in [7, 11) is 0. The zero-order valence-electron chi connectivity index (χ0n) is 9.21. The van der Waals surface area contributed by atoms with Crippen molar-refractivity contribution < 1.29 is 18.7 Å². The van der Waals surface area contributed by atoms with Crippen LogP contribution in [0.2, 0.25) is 0 Å². The van der Waals surface area contributed by atoms with Crippen LogP contribution in [-0.4, -0.2) is 31.3 Å². The molecule has 0 aliphatic heterocycles. The second kappa shape index (κ2) is 4.47. The predicted molar refractivity (Wildman–Crippen MR) is 55.5 cm³/mol. The lowest BCUT2D eigenvalue weighted by Crippen LogP contribution is -2.18. The zero-order chi connectivity index (χ0) is 13.3. The van der Waals surface area contributed by atoms with Gasteiger partial charge in [-0.15, -0.1) is 5.10 Å². The number of halogens is 2. The average molecular weight is 254 g/mol. The maximum Gasteiger partial charge on any atom is 0.328 e. The lowest BCUT2D eigenvalue weighted by molar-refractivity contribution is -0.140. The molecular formula is C10H8F2N4O2. The molecule has 6 nitrogen and oxygen atoms in total. The number of rotatable bonds is 3. The Bertz CT molecular complexity index is 599. The lowest BCUT2D eigenvalue weighted by Gasteiger charge is -2.08. The van der Waals surface area contributed by atoms with E-state index in [2.05, 4.69) is 15.5 Å². The fraction of sp³-hybridized carbons (Fsp3) is 0.200. The number of hydrogen-bond donors (Lipinski definition) is 1. The highest BCUT2D eigenvalue weighted by atomic mass is 19.2. The molecule has 0 aliphatic rings. The highest BCUT2D eigenvalue weighted by Crippen LogP contribution is 2.21. The summed E-state index contributed by atoms with van der Waals surface area (Å²) in [6.45, 7) is 1.38. The van der Waals surface area contributed by atoms with Gasteiger partial charge < -0.3 is 5.11 Å². The summed E-state index contributed by atoms with van der Waals surface area (Å²) in [5.41, 5.74) is 0.201. The van der Waals surface area contributed by atoms with Gasteiger partial charge in [0.05, 0.1) is 0 Å². The van der Waals surface area contributed by atoms with Gasteiger partial charge >= 0.3 is 5.97 Å². The summed E-state index contributed by atoms with van der Waals surface area (Å²) in [5.74, 6) is -3.12. The smallest absolute Gasteiger partial charge is 0.328 e. The van der Waals surface area contributed by atoms with Crippen LogP contribution in [0, 0.1) is 11.6 Å². The Labute approximate surface area is 99.9 Å². The van der Waals surface area contributed by atoms with Gasteiger partial charge in [0.15, 0.2) is 23.5 Å². The van der Waals surface area contributed by atoms with Gasteiger partial charge in [-0.2, -0.15) is 0 Å². The molecule has 1 aromatic carbocycles. The fourth-order valence-corrected chi connectivity index (χ4v) is 1.38. The van der Waals surface area contributed by atoms with Gasteiger partial charge in [0.1, 0.15) is 0 Å². The van der Waals surface area contributed by atoms with Gasteiger partial charge in [0.25, 0.3) is 0 Å². The summed E-state index contributed by atoms with van der Waals surface area (Å²) in [6, 6.07) is 2.10. The third kappa shape index (κ3) is 2.04. The number of aliphatic carboxylic acids is 1. The van der Waals surface area contributed by atoms with Gasteiger partial charge in [-0.3, -0.25) is 0 Å². The van der Waals surface area contributed by atoms with E-state index >= 15 is 0 Å². The number of aromatic nitrogens is 4. The third-order valence-electron chi connectivity index (χ3n) is 2.39. The van der Waals surface area contributed by atoms with Crippen molar-refractivity contribution in [1.82, 2.24) is 20.2 Å². The van der Waals surface area contributed by atoms with Gasteiger partial charge in [0.2, 0.25) is 0 Å². The van der Waals surface area contributed by atoms with Crippen molar-refractivity contribution in [2.45, 2.75) is 13.0 Å². The van der Waals surface area contributed by atoms with Crippen LogP contribution in [0.4, 0.5) is 8.78 Å². The van der Waals surface area contributed by atoms with E-state index in [0.29, 0.717) is 0 Å². The topological polar surface area (TPSA) is 80.9 Å². The molecule has 0 aliphatic carbocycles. The summed E-state index contributed by atoms with van der Waals surface area (Å²) >= 11 is 0. The first kappa shape index (κ1) is 12.1. The summed E-state index contributed by atoms with van der Waals surface area (Å²) in [4.78, 5) is 10.9. The van der Waals surface area contributed by atoms with Crippen LogP contribution >= 0.6 is 0 Å². The molecule has 0 spiro atoms. The molecule has 8 heteroatoms. The molecule has 0 bridgehead atoms. The zero-order valence-corrected chi connectivity index (χ0v) is 9.21. The molecule has 1 unspecified atom stereocenters. The molecule has 0 saturated carbocycles. The van der Waals surface area contributed by atoms with E-state index in [1.54, 1.807) is 0 Å². The van der Waals surface area contributed by atoms with E-state index in [1.165, 1.54) is 13.0 Å². The number of hydrogen-bond acceptors (Lipinski definition) is 4.